The van der Waals surface area contributed by atoms with Gasteiger partial charge in [-0.2, -0.15) is 0 Å². The second-order valence-corrected chi connectivity index (χ2v) is 5.49. The lowest BCUT2D eigenvalue weighted by Gasteiger charge is -2.15. The molecule has 0 aliphatic rings. The van der Waals surface area contributed by atoms with Gasteiger partial charge in [0.15, 0.2) is 0 Å². The van der Waals surface area contributed by atoms with Crippen LogP contribution in [-0.2, 0) is 13.6 Å². The first-order valence-corrected chi connectivity index (χ1v) is 7.45. The second kappa shape index (κ2) is 6.15. The average Bonchev–Trinajstić information content (AvgIpc) is 3.13. The highest BCUT2D eigenvalue weighted by Crippen LogP contribution is 2.17. The van der Waals surface area contributed by atoms with Crippen LogP contribution in [-0.4, -0.2) is 19.1 Å². The van der Waals surface area contributed by atoms with E-state index in [-0.39, 0.29) is 6.04 Å². The summed E-state index contributed by atoms with van der Waals surface area (Å²) in [6.07, 6.45) is 7.58. The Morgan fingerprint density at radius 3 is 2.41 bits per heavy atom. The molecule has 1 aromatic carbocycles. The van der Waals surface area contributed by atoms with Crippen LogP contribution in [0.15, 0.2) is 49.1 Å². The maximum absolute atomic E-state index is 4.33. The van der Waals surface area contributed by atoms with E-state index in [0.717, 1.165) is 23.9 Å². The molecule has 2 aromatic heterocycles. The van der Waals surface area contributed by atoms with Crippen molar-refractivity contribution in [2.75, 3.05) is 0 Å². The van der Waals surface area contributed by atoms with Crippen LogP contribution < -0.4 is 5.32 Å². The van der Waals surface area contributed by atoms with Gasteiger partial charge in [0.05, 0.1) is 6.54 Å². The van der Waals surface area contributed by atoms with Crippen molar-refractivity contribution in [1.29, 1.82) is 0 Å². The van der Waals surface area contributed by atoms with E-state index in [1.165, 1.54) is 5.56 Å². The topological polar surface area (TPSA) is 47.7 Å². The molecule has 3 rings (SSSR count). The van der Waals surface area contributed by atoms with Crippen LogP contribution in [0.25, 0.3) is 5.69 Å². The standard InChI is InChI=1S/C17H21N5/c1-13(20-12-17-19-8-10-21(17)3)15-4-6-16(7-5-15)22-11-9-18-14(22)2/h4-11,13,20H,12H2,1-3H3/t13-/m0/s1. The Morgan fingerprint density at radius 2 is 1.82 bits per heavy atom. The molecule has 0 unspecified atom stereocenters. The Balaban J connectivity index is 1.67. The van der Waals surface area contributed by atoms with Crippen molar-refractivity contribution >= 4 is 0 Å². The molecule has 114 valence electrons. The van der Waals surface area contributed by atoms with Crippen LogP contribution in [0.5, 0.6) is 0 Å². The van der Waals surface area contributed by atoms with Gasteiger partial charge in [-0.3, -0.25) is 0 Å². The SMILES string of the molecule is Cc1nccn1-c1ccc([C@H](C)NCc2nccn2C)cc1. The van der Waals surface area contributed by atoms with Crippen LogP contribution >= 0.6 is 0 Å². The predicted octanol–water partition coefficient (Wildman–Crippen LogP) is 2.77. The van der Waals surface area contributed by atoms with Gasteiger partial charge in [-0.15, -0.1) is 0 Å². The van der Waals surface area contributed by atoms with Gasteiger partial charge in [-0.1, -0.05) is 12.1 Å². The monoisotopic (exact) mass is 295 g/mol. The molecule has 0 aliphatic carbocycles. The van der Waals surface area contributed by atoms with Crippen LogP contribution in [0.1, 0.15) is 30.2 Å². The molecule has 0 bridgehead atoms. The van der Waals surface area contributed by atoms with Crippen LogP contribution in [0.2, 0.25) is 0 Å². The largest absolute Gasteiger partial charge is 0.337 e. The summed E-state index contributed by atoms with van der Waals surface area (Å²) in [7, 11) is 2.01. The summed E-state index contributed by atoms with van der Waals surface area (Å²) in [5, 5.41) is 3.51. The van der Waals surface area contributed by atoms with Gasteiger partial charge in [0.2, 0.25) is 0 Å². The number of nitrogens with zero attached hydrogens (tertiary/aromatic N) is 4. The van der Waals surface area contributed by atoms with Crippen molar-refractivity contribution < 1.29 is 0 Å². The van der Waals surface area contributed by atoms with Crippen molar-refractivity contribution in [1.82, 2.24) is 24.4 Å². The average molecular weight is 295 g/mol. The molecule has 3 aromatic rings. The summed E-state index contributed by atoms with van der Waals surface area (Å²) >= 11 is 0. The Bertz CT molecular complexity index is 739. The second-order valence-electron chi connectivity index (χ2n) is 5.49. The number of hydrogen-bond acceptors (Lipinski definition) is 3. The normalized spacial score (nSPS) is 12.5. The third-order valence-electron chi connectivity index (χ3n) is 3.98. The van der Waals surface area contributed by atoms with Gasteiger partial charge < -0.3 is 14.5 Å². The highest BCUT2D eigenvalue weighted by atomic mass is 15.1. The summed E-state index contributed by atoms with van der Waals surface area (Å²) < 4.78 is 4.11. The first kappa shape index (κ1) is 14.5. The number of aromatic nitrogens is 4. The minimum Gasteiger partial charge on any atom is -0.337 e. The molecule has 0 saturated heterocycles. The third kappa shape index (κ3) is 2.94. The quantitative estimate of drug-likeness (QED) is 0.787. The summed E-state index contributed by atoms with van der Waals surface area (Å²) in [6, 6.07) is 8.84. The van der Waals surface area contributed by atoms with Crippen molar-refractivity contribution in [2.24, 2.45) is 7.05 Å². The van der Waals surface area contributed by atoms with Gasteiger partial charge in [0.1, 0.15) is 11.6 Å². The number of hydrogen-bond donors (Lipinski definition) is 1. The molecule has 1 N–H and O–H groups in total. The van der Waals surface area contributed by atoms with Crippen molar-refractivity contribution in [3.05, 3.63) is 66.3 Å². The first-order valence-electron chi connectivity index (χ1n) is 7.45. The first-order chi connectivity index (χ1) is 10.6. The zero-order valence-electron chi connectivity index (χ0n) is 13.2. The Kier molecular flexibility index (Phi) is 4.06. The molecule has 0 radical (unpaired) electrons. The lowest BCUT2D eigenvalue weighted by atomic mass is 10.1. The Morgan fingerprint density at radius 1 is 1.09 bits per heavy atom. The number of nitrogens with one attached hydrogen (secondary N) is 1. The van der Waals surface area contributed by atoms with E-state index in [2.05, 4.69) is 51.0 Å². The third-order valence-corrected chi connectivity index (χ3v) is 3.98. The van der Waals surface area contributed by atoms with E-state index in [1.807, 2.05) is 43.3 Å². The van der Waals surface area contributed by atoms with E-state index in [9.17, 15) is 0 Å². The summed E-state index contributed by atoms with van der Waals surface area (Å²) in [5.41, 5.74) is 2.39. The minimum absolute atomic E-state index is 0.273. The highest BCUT2D eigenvalue weighted by molar-refractivity contribution is 5.36. The molecule has 5 heteroatoms. The maximum Gasteiger partial charge on any atom is 0.122 e. The number of rotatable bonds is 5. The summed E-state index contributed by atoms with van der Waals surface area (Å²) in [6.45, 7) is 4.93. The molecule has 22 heavy (non-hydrogen) atoms. The molecular formula is C17H21N5. The zero-order chi connectivity index (χ0) is 15.5. The van der Waals surface area contributed by atoms with E-state index < -0.39 is 0 Å². The van der Waals surface area contributed by atoms with Gasteiger partial charge >= 0.3 is 0 Å². The van der Waals surface area contributed by atoms with E-state index in [0.29, 0.717) is 0 Å². The lowest BCUT2D eigenvalue weighted by molar-refractivity contribution is 0.549. The maximum atomic E-state index is 4.33. The molecule has 0 saturated carbocycles. The molecule has 2 heterocycles. The van der Waals surface area contributed by atoms with Crippen molar-refractivity contribution in [2.45, 2.75) is 26.4 Å². The molecular weight excluding hydrogens is 274 g/mol. The fourth-order valence-corrected chi connectivity index (χ4v) is 2.50. The minimum atomic E-state index is 0.273. The van der Waals surface area contributed by atoms with Gasteiger partial charge in [-0.25, -0.2) is 9.97 Å². The molecule has 5 nitrogen and oxygen atoms in total. The number of benzene rings is 1. The van der Waals surface area contributed by atoms with E-state index >= 15 is 0 Å². The molecule has 1 atom stereocenters. The molecule has 0 spiro atoms. The number of imidazole rings is 2. The zero-order valence-corrected chi connectivity index (χ0v) is 13.2. The van der Waals surface area contributed by atoms with Gasteiger partial charge in [0.25, 0.3) is 0 Å². The lowest BCUT2D eigenvalue weighted by Crippen LogP contribution is -2.20. The smallest absolute Gasteiger partial charge is 0.122 e. The molecule has 0 fully saturated rings. The Hall–Kier alpha value is -2.40. The summed E-state index contributed by atoms with van der Waals surface area (Å²) in [5.74, 6) is 2.03. The predicted molar refractivity (Wildman–Crippen MR) is 86.8 cm³/mol. The van der Waals surface area contributed by atoms with Crippen LogP contribution in [0, 0.1) is 6.92 Å². The molecule has 0 aliphatic heterocycles. The Labute approximate surface area is 130 Å². The van der Waals surface area contributed by atoms with Crippen LogP contribution in [0.3, 0.4) is 0 Å². The van der Waals surface area contributed by atoms with Crippen molar-refractivity contribution in [3.63, 3.8) is 0 Å². The van der Waals surface area contributed by atoms with Crippen LogP contribution in [0.4, 0.5) is 0 Å². The highest BCUT2D eigenvalue weighted by Gasteiger charge is 2.07. The fourth-order valence-electron chi connectivity index (χ4n) is 2.50. The fraction of sp³-hybridized carbons (Fsp3) is 0.294. The summed E-state index contributed by atoms with van der Waals surface area (Å²) in [4.78, 5) is 8.59. The van der Waals surface area contributed by atoms with E-state index in [4.69, 9.17) is 0 Å². The van der Waals surface area contributed by atoms with Gasteiger partial charge in [0, 0.05) is 43.6 Å². The van der Waals surface area contributed by atoms with Crippen molar-refractivity contribution in [3.8, 4) is 5.69 Å². The van der Waals surface area contributed by atoms with Gasteiger partial charge in [-0.05, 0) is 31.5 Å². The number of aryl methyl sites for hydroxylation is 2. The van der Waals surface area contributed by atoms with E-state index in [1.54, 1.807) is 0 Å². The molecule has 0 amide bonds.